The molecule has 1 N–H and O–H groups in total. The smallest absolute Gasteiger partial charge is 0.175 e. The van der Waals surface area contributed by atoms with Crippen molar-refractivity contribution in [3.63, 3.8) is 0 Å². The van der Waals surface area contributed by atoms with Crippen molar-refractivity contribution in [1.82, 2.24) is 5.32 Å². The van der Waals surface area contributed by atoms with Crippen molar-refractivity contribution < 1.29 is 13.9 Å². The fourth-order valence-corrected chi connectivity index (χ4v) is 2.62. The van der Waals surface area contributed by atoms with Gasteiger partial charge in [-0.25, -0.2) is 0 Å². The lowest BCUT2D eigenvalue weighted by molar-refractivity contribution is 0.286. The Labute approximate surface area is 145 Å². The maximum Gasteiger partial charge on any atom is 0.175 e. The van der Waals surface area contributed by atoms with Crippen LogP contribution in [0, 0.1) is 0 Å². The zero-order chi connectivity index (χ0) is 15.1. The van der Waals surface area contributed by atoms with E-state index < -0.39 is 0 Å². The molecule has 0 saturated heterocycles. The summed E-state index contributed by atoms with van der Waals surface area (Å²) in [6, 6.07) is 7.89. The Balaban J connectivity index is 0.00000242. The lowest BCUT2D eigenvalue weighted by atomic mass is 10.2. The van der Waals surface area contributed by atoms with E-state index in [1.807, 2.05) is 38.1 Å². The monoisotopic (exact) mass is 389 g/mol. The second-order valence-electron chi connectivity index (χ2n) is 4.45. The number of hydrogen-bond donors (Lipinski definition) is 1. The number of ether oxygens (including phenoxy) is 2. The highest BCUT2D eigenvalue weighted by atomic mass is 79.9. The molecule has 0 radical (unpaired) electrons. The third kappa shape index (κ3) is 5.23. The second-order valence-corrected chi connectivity index (χ2v) is 5.31. The largest absolute Gasteiger partial charge is 0.490 e. The van der Waals surface area contributed by atoms with Gasteiger partial charge >= 0.3 is 0 Å². The molecule has 0 aliphatic heterocycles. The summed E-state index contributed by atoms with van der Waals surface area (Å²) in [6.45, 7) is 6.56. The first kappa shape index (κ1) is 18.9. The van der Waals surface area contributed by atoms with Crippen molar-refractivity contribution in [1.29, 1.82) is 0 Å². The highest BCUT2D eigenvalue weighted by molar-refractivity contribution is 9.10. The zero-order valence-electron chi connectivity index (χ0n) is 12.7. The van der Waals surface area contributed by atoms with Crippen molar-refractivity contribution in [2.75, 3.05) is 13.2 Å². The highest BCUT2D eigenvalue weighted by Crippen LogP contribution is 2.36. The molecule has 0 aliphatic rings. The Hall–Kier alpha value is -1.17. The van der Waals surface area contributed by atoms with Gasteiger partial charge in [0.25, 0.3) is 0 Å². The molecule has 6 heteroatoms. The van der Waals surface area contributed by atoms with E-state index in [9.17, 15) is 0 Å². The molecule has 1 heterocycles. The van der Waals surface area contributed by atoms with Crippen LogP contribution in [0.5, 0.6) is 11.5 Å². The van der Waals surface area contributed by atoms with Crippen molar-refractivity contribution >= 4 is 28.3 Å². The van der Waals surface area contributed by atoms with E-state index in [2.05, 4.69) is 21.2 Å². The summed E-state index contributed by atoms with van der Waals surface area (Å²) in [4.78, 5) is 0. The predicted octanol–water partition coefficient (Wildman–Crippen LogP) is 4.55. The third-order valence-corrected chi connectivity index (χ3v) is 3.46. The summed E-state index contributed by atoms with van der Waals surface area (Å²) in [5.41, 5.74) is 1.13. The van der Waals surface area contributed by atoms with Crippen molar-refractivity contribution in [2.24, 2.45) is 0 Å². The first-order chi connectivity index (χ1) is 10.2. The molecule has 0 amide bonds. The lowest BCUT2D eigenvalue weighted by Crippen LogP contribution is -2.12. The SMILES string of the molecule is CCOc1cc(CNCc2ccco2)cc(Br)c1OCC.Cl. The van der Waals surface area contributed by atoms with Crippen molar-refractivity contribution in [2.45, 2.75) is 26.9 Å². The van der Waals surface area contributed by atoms with Gasteiger partial charge in [0.15, 0.2) is 11.5 Å². The quantitative estimate of drug-likeness (QED) is 0.718. The van der Waals surface area contributed by atoms with Gasteiger partial charge < -0.3 is 19.2 Å². The number of halogens is 2. The number of nitrogens with one attached hydrogen (secondary N) is 1. The van der Waals surface area contributed by atoms with Gasteiger partial charge in [-0.05, 0) is 59.6 Å². The van der Waals surface area contributed by atoms with Gasteiger partial charge in [0.05, 0.1) is 30.5 Å². The molecule has 122 valence electrons. The molecule has 0 bridgehead atoms. The number of benzene rings is 1. The molecule has 1 aromatic carbocycles. The van der Waals surface area contributed by atoms with E-state index in [1.54, 1.807) is 6.26 Å². The van der Waals surface area contributed by atoms with Crippen LogP contribution in [-0.4, -0.2) is 13.2 Å². The Morgan fingerprint density at radius 1 is 1.14 bits per heavy atom. The van der Waals surface area contributed by atoms with Gasteiger partial charge in [-0.15, -0.1) is 12.4 Å². The summed E-state index contributed by atoms with van der Waals surface area (Å²) in [5, 5.41) is 3.34. The van der Waals surface area contributed by atoms with Crippen LogP contribution >= 0.6 is 28.3 Å². The molecule has 4 nitrogen and oxygen atoms in total. The lowest BCUT2D eigenvalue weighted by Gasteiger charge is -2.14. The van der Waals surface area contributed by atoms with E-state index in [0.29, 0.717) is 19.8 Å². The maximum atomic E-state index is 5.66. The van der Waals surface area contributed by atoms with E-state index >= 15 is 0 Å². The molecular formula is C16H21BrClNO3. The summed E-state index contributed by atoms with van der Waals surface area (Å²) < 4.78 is 17.5. The van der Waals surface area contributed by atoms with E-state index in [1.165, 1.54) is 0 Å². The average molecular weight is 391 g/mol. The van der Waals surface area contributed by atoms with Crippen LogP contribution in [0.25, 0.3) is 0 Å². The Kier molecular flexibility index (Phi) is 8.38. The fraction of sp³-hybridized carbons (Fsp3) is 0.375. The first-order valence-corrected chi connectivity index (χ1v) is 7.85. The topological polar surface area (TPSA) is 43.6 Å². The normalized spacial score (nSPS) is 10.1. The van der Waals surface area contributed by atoms with E-state index in [0.717, 1.165) is 33.8 Å². The summed E-state index contributed by atoms with van der Waals surface area (Å²) in [6.07, 6.45) is 1.68. The molecular weight excluding hydrogens is 370 g/mol. The predicted molar refractivity (Wildman–Crippen MR) is 93.0 cm³/mol. The summed E-state index contributed by atoms with van der Waals surface area (Å²) in [5.74, 6) is 2.45. The molecule has 0 spiro atoms. The second kappa shape index (κ2) is 9.77. The number of furan rings is 1. The molecule has 2 rings (SSSR count). The third-order valence-electron chi connectivity index (χ3n) is 2.87. The van der Waals surface area contributed by atoms with Gasteiger partial charge in [-0.3, -0.25) is 0 Å². The highest BCUT2D eigenvalue weighted by Gasteiger charge is 2.11. The van der Waals surface area contributed by atoms with E-state index in [4.69, 9.17) is 13.9 Å². The van der Waals surface area contributed by atoms with Gasteiger partial charge in [-0.2, -0.15) is 0 Å². The Bertz CT molecular complexity index is 561. The van der Waals surface area contributed by atoms with Crippen LogP contribution < -0.4 is 14.8 Å². The van der Waals surface area contributed by atoms with Crippen molar-refractivity contribution in [3.05, 3.63) is 46.3 Å². The molecule has 1 aromatic heterocycles. The fourth-order valence-electron chi connectivity index (χ4n) is 2.01. The van der Waals surface area contributed by atoms with Crippen LogP contribution in [0.3, 0.4) is 0 Å². The summed E-state index contributed by atoms with van der Waals surface area (Å²) >= 11 is 3.55. The summed E-state index contributed by atoms with van der Waals surface area (Å²) in [7, 11) is 0. The van der Waals surface area contributed by atoms with Gasteiger partial charge in [0.1, 0.15) is 5.76 Å². The first-order valence-electron chi connectivity index (χ1n) is 7.05. The molecule has 2 aromatic rings. The number of hydrogen-bond acceptors (Lipinski definition) is 4. The molecule has 0 atom stereocenters. The molecule has 22 heavy (non-hydrogen) atoms. The van der Waals surface area contributed by atoms with Crippen LogP contribution in [0.15, 0.2) is 39.4 Å². The molecule has 0 aliphatic carbocycles. The Morgan fingerprint density at radius 3 is 2.55 bits per heavy atom. The minimum atomic E-state index is 0. The van der Waals surface area contributed by atoms with Crippen LogP contribution in [0.4, 0.5) is 0 Å². The van der Waals surface area contributed by atoms with Crippen LogP contribution in [-0.2, 0) is 13.1 Å². The minimum Gasteiger partial charge on any atom is -0.490 e. The number of rotatable bonds is 8. The molecule has 0 saturated carbocycles. The van der Waals surface area contributed by atoms with Crippen LogP contribution in [0.2, 0.25) is 0 Å². The van der Waals surface area contributed by atoms with Gasteiger partial charge in [0.2, 0.25) is 0 Å². The van der Waals surface area contributed by atoms with Gasteiger partial charge in [-0.1, -0.05) is 0 Å². The molecule has 0 unspecified atom stereocenters. The zero-order valence-corrected chi connectivity index (χ0v) is 15.1. The van der Waals surface area contributed by atoms with Crippen molar-refractivity contribution in [3.8, 4) is 11.5 Å². The molecule has 0 fully saturated rings. The average Bonchev–Trinajstić information content (AvgIpc) is 2.96. The maximum absolute atomic E-state index is 5.66. The minimum absolute atomic E-state index is 0. The van der Waals surface area contributed by atoms with Gasteiger partial charge in [0, 0.05) is 6.54 Å². The Morgan fingerprint density at radius 2 is 1.91 bits per heavy atom. The van der Waals surface area contributed by atoms with E-state index in [-0.39, 0.29) is 12.4 Å². The van der Waals surface area contributed by atoms with Crippen LogP contribution in [0.1, 0.15) is 25.2 Å². The standard InChI is InChI=1S/C16H20BrNO3.ClH/c1-3-19-15-9-12(8-14(17)16(15)20-4-2)10-18-11-13-6-5-7-21-13;/h5-9,18H,3-4,10-11H2,1-2H3;1H.